The molecular formula is C27H27NO5. The molecule has 0 saturated heterocycles. The van der Waals surface area contributed by atoms with Crippen molar-refractivity contribution in [1.82, 2.24) is 5.32 Å². The molecule has 1 amide bonds. The average Bonchev–Trinajstić information content (AvgIpc) is 2.86. The molecular weight excluding hydrogens is 418 g/mol. The van der Waals surface area contributed by atoms with Crippen LogP contribution in [0.5, 0.6) is 0 Å². The van der Waals surface area contributed by atoms with Gasteiger partial charge in [-0.2, -0.15) is 0 Å². The summed E-state index contributed by atoms with van der Waals surface area (Å²) in [6, 6.07) is 27.9. The summed E-state index contributed by atoms with van der Waals surface area (Å²) in [4.78, 5) is 36.5. The summed E-state index contributed by atoms with van der Waals surface area (Å²) in [5.41, 5.74) is 1.91. The van der Waals surface area contributed by atoms with Crippen LogP contribution in [0.15, 0.2) is 91.0 Å². The number of hydrogen-bond donors (Lipinski definition) is 2. The lowest BCUT2D eigenvalue weighted by Crippen LogP contribution is -2.44. The van der Waals surface area contributed by atoms with Crippen molar-refractivity contribution >= 4 is 17.8 Å². The zero-order valence-corrected chi connectivity index (χ0v) is 18.4. The number of rotatable bonds is 10. The van der Waals surface area contributed by atoms with Crippen LogP contribution in [0.3, 0.4) is 0 Å². The van der Waals surface area contributed by atoms with Crippen LogP contribution in [0.4, 0.5) is 0 Å². The third kappa shape index (κ3) is 5.66. The van der Waals surface area contributed by atoms with Crippen molar-refractivity contribution in [2.75, 3.05) is 7.11 Å². The molecule has 3 aromatic carbocycles. The molecule has 3 aromatic rings. The van der Waals surface area contributed by atoms with Crippen molar-refractivity contribution in [3.8, 4) is 0 Å². The molecule has 170 valence electrons. The van der Waals surface area contributed by atoms with Gasteiger partial charge in [0.2, 0.25) is 5.91 Å². The number of esters is 1. The summed E-state index contributed by atoms with van der Waals surface area (Å²) in [5.74, 6) is -2.15. The van der Waals surface area contributed by atoms with Gasteiger partial charge in [-0.25, -0.2) is 4.79 Å². The number of amides is 1. The van der Waals surface area contributed by atoms with E-state index in [1.165, 1.54) is 7.11 Å². The van der Waals surface area contributed by atoms with Crippen LogP contribution < -0.4 is 5.32 Å². The molecule has 0 spiro atoms. The highest BCUT2D eigenvalue weighted by atomic mass is 16.5. The van der Waals surface area contributed by atoms with E-state index in [1.807, 2.05) is 91.0 Å². The quantitative estimate of drug-likeness (QED) is 0.364. The van der Waals surface area contributed by atoms with E-state index in [2.05, 4.69) is 10.1 Å². The molecule has 0 unspecified atom stereocenters. The minimum absolute atomic E-state index is 0.00690. The van der Waals surface area contributed by atoms with E-state index in [0.717, 1.165) is 16.7 Å². The van der Waals surface area contributed by atoms with Gasteiger partial charge >= 0.3 is 11.9 Å². The van der Waals surface area contributed by atoms with E-state index in [0.29, 0.717) is 0 Å². The molecule has 0 heterocycles. The van der Waals surface area contributed by atoms with Gasteiger partial charge in [0.05, 0.1) is 12.5 Å². The van der Waals surface area contributed by atoms with Gasteiger partial charge in [-0.05, 0) is 23.1 Å². The Balaban J connectivity index is 2.02. The molecule has 0 aromatic heterocycles. The summed E-state index contributed by atoms with van der Waals surface area (Å²) in [6.07, 6.45) is -0.162. The Morgan fingerprint density at radius 1 is 0.818 bits per heavy atom. The van der Waals surface area contributed by atoms with Crippen LogP contribution in [0.25, 0.3) is 0 Å². The molecule has 33 heavy (non-hydrogen) atoms. The normalized spacial score (nSPS) is 11.9. The smallest absolute Gasteiger partial charge is 0.326 e. The van der Waals surface area contributed by atoms with Gasteiger partial charge in [0.15, 0.2) is 0 Å². The highest BCUT2D eigenvalue weighted by Crippen LogP contribution is 2.42. The SMILES string of the molecule is COC(=O)CC[C@@H](NC(=O)CC(c1ccccc1)(c1ccccc1)c1ccccc1)C(=O)O. The summed E-state index contributed by atoms with van der Waals surface area (Å²) >= 11 is 0. The summed E-state index contributed by atoms with van der Waals surface area (Å²) in [7, 11) is 1.24. The Bertz CT molecular complexity index is 971. The predicted octanol–water partition coefficient (Wildman–Crippen LogP) is 3.93. The fourth-order valence-corrected chi connectivity index (χ4v) is 4.08. The molecule has 0 aliphatic carbocycles. The molecule has 6 heteroatoms. The minimum atomic E-state index is -1.20. The molecule has 2 N–H and O–H groups in total. The van der Waals surface area contributed by atoms with E-state index in [1.54, 1.807) is 0 Å². The molecule has 1 atom stereocenters. The second-order valence-corrected chi connectivity index (χ2v) is 7.75. The topological polar surface area (TPSA) is 92.7 Å². The third-order valence-corrected chi connectivity index (χ3v) is 5.72. The van der Waals surface area contributed by atoms with Gasteiger partial charge < -0.3 is 15.2 Å². The first-order valence-corrected chi connectivity index (χ1v) is 10.7. The lowest BCUT2D eigenvalue weighted by molar-refractivity contribution is -0.144. The van der Waals surface area contributed by atoms with E-state index in [-0.39, 0.29) is 19.3 Å². The average molecular weight is 446 g/mol. The van der Waals surface area contributed by atoms with Crippen LogP contribution in [0.2, 0.25) is 0 Å². The molecule has 0 aliphatic heterocycles. The standard InChI is InChI=1S/C27H27NO5/c1-33-25(30)18-17-23(26(31)32)28-24(29)19-27(20-11-5-2-6-12-20,21-13-7-3-8-14-21)22-15-9-4-10-16-22/h2-16,23H,17-19H2,1H3,(H,28,29)(H,31,32)/t23-/m1/s1. The molecule has 6 nitrogen and oxygen atoms in total. The molecule has 0 saturated carbocycles. The highest BCUT2D eigenvalue weighted by molar-refractivity contribution is 5.86. The number of methoxy groups -OCH3 is 1. The van der Waals surface area contributed by atoms with Crippen molar-refractivity contribution < 1.29 is 24.2 Å². The van der Waals surface area contributed by atoms with Gasteiger partial charge in [0.25, 0.3) is 0 Å². The molecule has 0 fully saturated rings. The number of nitrogens with one attached hydrogen (secondary N) is 1. The number of carbonyl (C=O) groups is 3. The molecule has 0 radical (unpaired) electrons. The third-order valence-electron chi connectivity index (χ3n) is 5.72. The largest absolute Gasteiger partial charge is 0.480 e. The van der Waals surface area contributed by atoms with E-state index in [9.17, 15) is 19.5 Å². The van der Waals surface area contributed by atoms with Crippen LogP contribution >= 0.6 is 0 Å². The van der Waals surface area contributed by atoms with Crippen molar-refractivity contribution in [2.45, 2.75) is 30.7 Å². The van der Waals surface area contributed by atoms with Crippen LogP contribution in [0.1, 0.15) is 36.0 Å². The highest BCUT2D eigenvalue weighted by Gasteiger charge is 2.39. The fourth-order valence-electron chi connectivity index (χ4n) is 4.08. The van der Waals surface area contributed by atoms with Crippen molar-refractivity contribution in [3.63, 3.8) is 0 Å². The zero-order valence-electron chi connectivity index (χ0n) is 18.4. The lowest BCUT2D eigenvalue weighted by atomic mass is 9.67. The number of aliphatic carboxylic acids is 1. The maximum Gasteiger partial charge on any atom is 0.326 e. The van der Waals surface area contributed by atoms with E-state index < -0.39 is 29.3 Å². The summed E-state index contributed by atoms with van der Waals surface area (Å²) in [6.45, 7) is 0. The minimum Gasteiger partial charge on any atom is -0.480 e. The molecule has 3 rings (SSSR count). The summed E-state index contributed by atoms with van der Waals surface area (Å²) < 4.78 is 4.59. The van der Waals surface area contributed by atoms with Gasteiger partial charge in [0.1, 0.15) is 6.04 Å². The van der Waals surface area contributed by atoms with Crippen molar-refractivity contribution in [1.29, 1.82) is 0 Å². The Kier molecular flexibility index (Phi) is 7.97. The number of carboxylic acids is 1. The first-order valence-electron chi connectivity index (χ1n) is 10.7. The fraction of sp³-hybridized carbons (Fsp3) is 0.222. The first-order chi connectivity index (χ1) is 16.0. The van der Waals surface area contributed by atoms with Crippen LogP contribution in [0, 0.1) is 0 Å². The van der Waals surface area contributed by atoms with Crippen molar-refractivity contribution in [2.24, 2.45) is 0 Å². The van der Waals surface area contributed by atoms with Gasteiger partial charge in [-0.1, -0.05) is 91.0 Å². The number of benzene rings is 3. The maximum atomic E-state index is 13.3. The second kappa shape index (κ2) is 11.1. The number of carboxylic acid groups (broad SMARTS) is 1. The Hall–Kier alpha value is -3.93. The van der Waals surface area contributed by atoms with Crippen LogP contribution in [-0.2, 0) is 24.5 Å². The van der Waals surface area contributed by atoms with Crippen molar-refractivity contribution in [3.05, 3.63) is 108 Å². The number of ether oxygens (including phenoxy) is 1. The Labute approximate surface area is 193 Å². The van der Waals surface area contributed by atoms with E-state index >= 15 is 0 Å². The van der Waals surface area contributed by atoms with Gasteiger partial charge in [-0.3, -0.25) is 9.59 Å². The second-order valence-electron chi connectivity index (χ2n) is 7.75. The Morgan fingerprint density at radius 3 is 1.61 bits per heavy atom. The molecule has 0 aliphatic rings. The van der Waals surface area contributed by atoms with E-state index in [4.69, 9.17) is 0 Å². The maximum absolute atomic E-state index is 13.3. The monoisotopic (exact) mass is 445 g/mol. The number of hydrogen-bond acceptors (Lipinski definition) is 4. The van der Waals surface area contributed by atoms with Gasteiger partial charge in [-0.15, -0.1) is 0 Å². The lowest BCUT2D eigenvalue weighted by Gasteiger charge is -2.36. The Morgan fingerprint density at radius 2 is 1.24 bits per heavy atom. The van der Waals surface area contributed by atoms with Gasteiger partial charge in [0, 0.05) is 12.8 Å². The first kappa shape index (κ1) is 23.7. The number of carbonyl (C=O) groups excluding carboxylic acids is 2. The summed E-state index contributed by atoms with van der Waals surface area (Å²) in [5, 5.41) is 12.2. The zero-order chi connectivity index (χ0) is 23.7. The molecule has 0 bridgehead atoms. The van der Waals surface area contributed by atoms with Crippen LogP contribution in [-0.4, -0.2) is 36.1 Å². The predicted molar refractivity (Wildman–Crippen MR) is 125 cm³/mol.